The maximum atomic E-state index is 13.5. The summed E-state index contributed by atoms with van der Waals surface area (Å²) in [6.45, 7) is 2.06. The van der Waals surface area contributed by atoms with Crippen LogP contribution in [0.4, 0.5) is 0 Å². The molecule has 2 aliphatic rings. The fraction of sp³-hybridized carbons (Fsp3) is 0.250. The molecule has 0 bridgehead atoms. The van der Waals surface area contributed by atoms with Gasteiger partial charge >= 0.3 is 5.97 Å². The molecule has 186 valence electrons. The summed E-state index contributed by atoms with van der Waals surface area (Å²) in [4.78, 5) is 39.6. The number of rotatable bonds is 3. The van der Waals surface area contributed by atoms with E-state index < -0.39 is 17.9 Å². The van der Waals surface area contributed by atoms with Crippen LogP contribution in [0.1, 0.15) is 35.5 Å². The fourth-order valence-corrected chi connectivity index (χ4v) is 6.31. The highest BCUT2D eigenvalue weighted by atomic mass is 16.6. The minimum atomic E-state index is -1.59. The van der Waals surface area contributed by atoms with E-state index >= 15 is 0 Å². The number of fused-ring (bicyclic) bond motifs is 9. The zero-order valence-electron chi connectivity index (χ0n) is 20.5. The monoisotopic (exact) mass is 496 g/mol. The molecule has 3 aromatic carbocycles. The molecule has 0 fully saturated rings. The zero-order valence-corrected chi connectivity index (χ0v) is 20.5. The van der Waals surface area contributed by atoms with Crippen molar-refractivity contribution < 1.29 is 23.9 Å². The standard InChI is InChI=1S/C28H24N4O5/c1-28(27(35)36-3)32-18-11-7-5-9-15(18)21-16-13-30-26(34)23(16)22-14-8-4-6-10-17(14)31(24(22)25(21)32)20(37-28)12-19(33)29-2/h4-11,20H,12-13H2,1-3H3,(H,29,33)(H,30,34)/t20-,28+/m1/s1. The maximum Gasteiger partial charge on any atom is 0.359 e. The summed E-state index contributed by atoms with van der Waals surface area (Å²) in [6.07, 6.45) is -0.888. The lowest BCUT2D eigenvalue weighted by atomic mass is 9.97. The summed E-state index contributed by atoms with van der Waals surface area (Å²) < 4.78 is 15.8. The van der Waals surface area contributed by atoms with Gasteiger partial charge in [0.1, 0.15) is 6.23 Å². The second-order valence-electron chi connectivity index (χ2n) is 9.65. The predicted molar refractivity (Wildman–Crippen MR) is 138 cm³/mol. The Morgan fingerprint density at radius 3 is 2.46 bits per heavy atom. The molecule has 2 aromatic heterocycles. The summed E-state index contributed by atoms with van der Waals surface area (Å²) in [6, 6.07) is 15.6. The first kappa shape index (κ1) is 21.9. The van der Waals surface area contributed by atoms with Gasteiger partial charge in [0.05, 0.1) is 41.2 Å². The van der Waals surface area contributed by atoms with Crippen LogP contribution in [0.5, 0.6) is 0 Å². The minimum absolute atomic E-state index is 0.0373. The molecule has 0 aliphatic carbocycles. The molecule has 0 saturated carbocycles. The number of nitrogens with zero attached hydrogens (tertiary/aromatic N) is 2. The Morgan fingerprint density at radius 2 is 1.76 bits per heavy atom. The Bertz CT molecular complexity index is 1850. The first-order chi connectivity index (χ1) is 17.9. The zero-order chi connectivity index (χ0) is 25.6. The topological polar surface area (TPSA) is 104 Å². The molecule has 9 heteroatoms. The molecular formula is C28H24N4O5. The largest absolute Gasteiger partial charge is 0.465 e. The van der Waals surface area contributed by atoms with Crippen molar-refractivity contribution in [1.29, 1.82) is 0 Å². The third kappa shape index (κ3) is 2.59. The smallest absolute Gasteiger partial charge is 0.359 e. The lowest BCUT2D eigenvalue weighted by Crippen LogP contribution is -2.43. The van der Waals surface area contributed by atoms with Gasteiger partial charge < -0.3 is 29.2 Å². The molecular weight excluding hydrogens is 472 g/mol. The van der Waals surface area contributed by atoms with Crippen molar-refractivity contribution in [3.63, 3.8) is 0 Å². The number of carbonyl (C=O) groups is 3. The quantitative estimate of drug-likeness (QED) is 0.371. The van der Waals surface area contributed by atoms with Crippen LogP contribution in [0.25, 0.3) is 43.6 Å². The van der Waals surface area contributed by atoms with E-state index in [-0.39, 0.29) is 18.2 Å². The molecule has 0 spiro atoms. The number of methoxy groups -OCH3 is 1. The van der Waals surface area contributed by atoms with Crippen molar-refractivity contribution in [2.24, 2.45) is 0 Å². The van der Waals surface area contributed by atoms with Crippen molar-refractivity contribution in [2.75, 3.05) is 14.2 Å². The molecule has 2 amide bonds. The normalized spacial score (nSPS) is 20.5. The minimum Gasteiger partial charge on any atom is -0.465 e. The van der Waals surface area contributed by atoms with Crippen LogP contribution in [0, 0.1) is 0 Å². The molecule has 9 nitrogen and oxygen atoms in total. The number of amides is 2. The second kappa shape index (κ2) is 7.33. The number of aromatic nitrogens is 2. The van der Waals surface area contributed by atoms with E-state index in [4.69, 9.17) is 9.47 Å². The van der Waals surface area contributed by atoms with Crippen molar-refractivity contribution in [3.05, 3.63) is 59.7 Å². The van der Waals surface area contributed by atoms with Crippen molar-refractivity contribution in [1.82, 2.24) is 19.8 Å². The summed E-state index contributed by atoms with van der Waals surface area (Å²) in [5.41, 5.74) is 3.04. The van der Waals surface area contributed by atoms with Gasteiger partial charge in [0, 0.05) is 35.1 Å². The molecule has 4 heterocycles. The first-order valence-electron chi connectivity index (χ1n) is 12.2. The molecule has 0 radical (unpaired) electrons. The van der Waals surface area contributed by atoms with Crippen LogP contribution in [0.15, 0.2) is 48.5 Å². The first-order valence-corrected chi connectivity index (χ1v) is 12.2. The Kier molecular flexibility index (Phi) is 4.33. The van der Waals surface area contributed by atoms with Crippen LogP contribution in [-0.4, -0.2) is 41.1 Å². The predicted octanol–water partition coefficient (Wildman–Crippen LogP) is 3.66. The van der Waals surface area contributed by atoms with Crippen LogP contribution in [0.2, 0.25) is 0 Å². The third-order valence-electron chi connectivity index (χ3n) is 7.80. The number of nitrogens with one attached hydrogen (secondary N) is 2. The SMILES string of the molecule is CNC(=O)C[C@H]1O[C@@](C)(C(=O)OC)n2c3ccccc3c3c4c(c5c6ccccc6n1c5c32)C(=O)NC4. The highest BCUT2D eigenvalue weighted by Gasteiger charge is 2.47. The number of hydrogen-bond donors (Lipinski definition) is 2. The lowest BCUT2D eigenvalue weighted by Gasteiger charge is -2.32. The van der Waals surface area contributed by atoms with Crippen LogP contribution < -0.4 is 10.6 Å². The van der Waals surface area contributed by atoms with Crippen molar-refractivity contribution in [2.45, 2.75) is 31.8 Å². The van der Waals surface area contributed by atoms with Gasteiger partial charge in [-0.25, -0.2) is 4.79 Å². The molecule has 2 aliphatic heterocycles. The number of carbonyl (C=O) groups excluding carboxylic acids is 3. The van der Waals surface area contributed by atoms with Gasteiger partial charge in [0.15, 0.2) is 0 Å². The molecule has 2 atom stereocenters. The number of para-hydroxylation sites is 2. The van der Waals surface area contributed by atoms with Gasteiger partial charge in [-0.1, -0.05) is 36.4 Å². The summed E-state index contributed by atoms with van der Waals surface area (Å²) in [5.74, 6) is -0.968. The molecule has 5 aromatic rings. The van der Waals surface area contributed by atoms with Crippen LogP contribution in [0.3, 0.4) is 0 Å². The van der Waals surface area contributed by atoms with Gasteiger partial charge in [-0.05, 0) is 24.6 Å². The maximum absolute atomic E-state index is 13.5. The van der Waals surface area contributed by atoms with Crippen LogP contribution in [-0.2, 0) is 31.3 Å². The third-order valence-corrected chi connectivity index (χ3v) is 7.80. The molecule has 2 N–H and O–H groups in total. The van der Waals surface area contributed by atoms with E-state index in [1.165, 1.54) is 7.11 Å². The van der Waals surface area contributed by atoms with E-state index in [2.05, 4.69) is 10.6 Å². The Labute approximate surface area is 210 Å². The highest BCUT2D eigenvalue weighted by Crippen LogP contribution is 2.50. The van der Waals surface area contributed by atoms with Crippen molar-refractivity contribution >= 4 is 61.4 Å². The van der Waals surface area contributed by atoms with Gasteiger partial charge in [-0.15, -0.1) is 0 Å². The number of hydrogen-bond acceptors (Lipinski definition) is 5. The molecule has 0 saturated heterocycles. The van der Waals surface area contributed by atoms with Gasteiger partial charge in [0.2, 0.25) is 11.6 Å². The number of ether oxygens (including phenoxy) is 2. The van der Waals surface area contributed by atoms with Gasteiger partial charge in [0.25, 0.3) is 5.91 Å². The molecule has 0 unspecified atom stereocenters. The number of esters is 1. The highest BCUT2D eigenvalue weighted by molar-refractivity contribution is 6.31. The fourth-order valence-electron chi connectivity index (χ4n) is 6.31. The van der Waals surface area contributed by atoms with Gasteiger partial charge in [-0.2, -0.15) is 0 Å². The Balaban J connectivity index is 1.81. The molecule has 7 rings (SSSR count). The molecule has 37 heavy (non-hydrogen) atoms. The average molecular weight is 497 g/mol. The van der Waals surface area contributed by atoms with Crippen molar-refractivity contribution in [3.8, 4) is 0 Å². The van der Waals surface area contributed by atoms with E-state index in [1.807, 2.05) is 57.7 Å². The Morgan fingerprint density at radius 1 is 1.08 bits per heavy atom. The summed E-state index contributed by atoms with van der Waals surface area (Å²) in [5, 5.41) is 9.16. The van der Waals surface area contributed by atoms with E-state index in [0.717, 1.165) is 49.2 Å². The van der Waals surface area contributed by atoms with E-state index in [1.54, 1.807) is 14.0 Å². The summed E-state index contributed by atoms with van der Waals surface area (Å²) >= 11 is 0. The second-order valence-corrected chi connectivity index (χ2v) is 9.65. The lowest BCUT2D eigenvalue weighted by molar-refractivity contribution is -0.201. The average Bonchev–Trinajstić information content (AvgIpc) is 3.54. The van der Waals surface area contributed by atoms with Gasteiger partial charge in [-0.3, -0.25) is 9.59 Å². The Hall–Kier alpha value is -4.37. The summed E-state index contributed by atoms with van der Waals surface area (Å²) in [7, 11) is 2.89. The number of benzene rings is 3. The van der Waals surface area contributed by atoms with Crippen LogP contribution >= 0.6 is 0 Å². The van der Waals surface area contributed by atoms with E-state index in [9.17, 15) is 14.4 Å². The van der Waals surface area contributed by atoms with E-state index in [0.29, 0.717) is 12.1 Å².